The molecule has 16 heavy (non-hydrogen) atoms. The first-order valence-corrected chi connectivity index (χ1v) is 5.48. The van der Waals surface area contributed by atoms with Crippen molar-refractivity contribution < 1.29 is 14.3 Å². The summed E-state index contributed by atoms with van der Waals surface area (Å²) in [6, 6.07) is 0. The summed E-state index contributed by atoms with van der Waals surface area (Å²) in [6.45, 7) is 3.24. The van der Waals surface area contributed by atoms with Gasteiger partial charge in [0.25, 0.3) is 0 Å². The van der Waals surface area contributed by atoms with Crippen molar-refractivity contribution in [2.24, 2.45) is 0 Å². The van der Waals surface area contributed by atoms with Gasteiger partial charge in [-0.1, -0.05) is 0 Å². The third kappa shape index (κ3) is 1.80. The van der Waals surface area contributed by atoms with Crippen molar-refractivity contribution in [2.75, 3.05) is 13.2 Å². The summed E-state index contributed by atoms with van der Waals surface area (Å²) in [7, 11) is 0. The highest BCUT2D eigenvalue weighted by Gasteiger charge is 2.23. The Morgan fingerprint density at radius 2 is 1.94 bits per heavy atom. The number of hydrogen-bond acceptors (Lipinski definition) is 3. The van der Waals surface area contributed by atoms with Crippen LogP contribution < -0.4 is 0 Å². The van der Waals surface area contributed by atoms with E-state index in [2.05, 4.69) is 4.98 Å². The Morgan fingerprint density at radius 3 is 2.50 bits per heavy atom. The predicted molar refractivity (Wildman–Crippen MR) is 59.1 cm³/mol. The van der Waals surface area contributed by atoms with E-state index >= 15 is 0 Å². The van der Waals surface area contributed by atoms with E-state index < -0.39 is 0 Å². The fourth-order valence-corrected chi connectivity index (χ4v) is 2.23. The van der Waals surface area contributed by atoms with E-state index in [4.69, 9.17) is 4.74 Å². The SMILES string of the molecule is Cc1c(C=O)[nH]c(C2CCOCC2)c1C=O. The largest absolute Gasteiger partial charge is 0.381 e. The van der Waals surface area contributed by atoms with E-state index in [1.165, 1.54) is 0 Å². The number of aromatic nitrogens is 1. The molecular formula is C12H15NO3. The van der Waals surface area contributed by atoms with Crippen molar-refractivity contribution in [3.8, 4) is 0 Å². The molecule has 0 unspecified atom stereocenters. The molecular weight excluding hydrogens is 206 g/mol. The van der Waals surface area contributed by atoms with Gasteiger partial charge in [0.1, 0.15) is 0 Å². The normalized spacial score (nSPS) is 17.3. The van der Waals surface area contributed by atoms with Crippen LogP contribution in [0, 0.1) is 6.92 Å². The molecule has 0 aliphatic carbocycles. The topological polar surface area (TPSA) is 59.2 Å². The molecule has 0 spiro atoms. The molecule has 1 aliphatic heterocycles. The first kappa shape index (κ1) is 11.1. The lowest BCUT2D eigenvalue weighted by Crippen LogP contribution is -2.15. The maximum absolute atomic E-state index is 11.1. The van der Waals surface area contributed by atoms with Crippen molar-refractivity contribution in [3.63, 3.8) is 0 Å². The maximum Gasteiger partial charge on any atom is 0.166 e. The number of H-pyrrole nitrogens is 1. The summed E-state index contributed by atoms with van der Waals surface area (Å²) in [6.07, 6.45) is 3.41. The Morgan fingerprint density at radius 1 is 1.25 bits per heavy atom. The summed E-state index contributed by atoms with van der Waals surface area (Å²) in [4.78, 5) is 24.9. The summed E-state index contributed by atoms with van der Waals surface area (Å²) in [5.74, 6) is 0.307. The molecule has 1 N–H and O–H groups in total. The van der Waals surface area contributed by atoms with Gasteiger partial charge >= 0.3 is 0 Å². The lowest BCUT2D eigenvalue weighted by molar-refractivity contribution is 0.0842. The Labute approximate surface area is 94.0 Å². The van der Waals surface area contributed by atoms with Crippen LogP contribution in [0.1, 0.15) is 50.9 Å². The molecule has 0 aromatic carbocycles. The average molecular weight is 221 g/mol. The summed E-state index contributed by atoms with van der Waals surface area (Å²) < 4.78 is 5.29. The lowest BCUT2D eigenvalue weighted by Gasteiger charge is -2.21. The monoisotopic (exact) mass is 221 g/mol. The van der Waals surface area contributed by atoms with Crippen LogP contribution in [0.25, 0.3) is 0 Å². The van der Waals surface area contributed by atoms with Gasteiger partial charge < -0.3 is 9.72 Å². The highest BCUT2D eigenvalue weighted by molar-refractivity contribution is 5.86. The van der Waals surface area contributed by atoms with Crippen molar-refractivity contribution >= 4 is 12.6 Å². The van der Waals surface area contributed by atoms with Gasteiger partial charge in [-0.25, -0.2) is 0 Å². The molecule has 1 aliphatic rings. The second-order valence-corrected chi connectivity index (χ2v) is 4.11. The Bertz CT molecular complexity index is 403. The minimum atomic E-state index is 0.307. The van der Waals surface area contributed by atoms with Gasteiger partial charge in [0.05, 0.1) is 5.69 Å². The first-order valence-electron chi connectivity index (χ1n) is 5.48. The molecule has 0 atom stereocenters. The van der Waals surface area contributed by atoms with Gasteiger partial charge in [-0.15, -0.1) is 0 Å². The number of carbonyl (C=O) groups is 2. The lowest BCUT2D eigenvalue weighted by atomic mass is 9.93. The minimum Gasteiger partial charge on any atom is -0.381 e. The summed E-state index contributed by atoms with van der Waals surface area (Å²) >= 11 is 0. The zero-order chi connectivity index (χ0) is 11.5. The predicted octanol–water partition coefficient (Wildman–Crippen LogP) is 1.84. The third-order valence-electron chi connectivity index (χ3n) is 3.23. The van der Waals surface area contributed by atoms with E-state index in [1.54, 1.807) is 6.92 Å². The van der Waals surface area contributed by atoms with Crippen LogP contribution >= 0.6 is 0 Å². The Kier molecular flexibility index (Phi) is 3.19. The molecule has 1 fully saturated rings. The third-order valence-corrected chi connectivity index (χ3v) is 3.23. The van der Waals surface area contributed by atoms with Gasteiger partial charge in [0.2, 0.25) is 0 Å². The highest BCUT2D eigenvalue weighted by Crippen LogP contribution is 2.30. The number of carbonyl (C=O) groups excluding carboxylic acids is 2. The second-order valence-electron chi connectivity index (χ2n) is 4.11. The molecule has 0 amide bonds. The van der Waals surface area contributed by atoms with Crippen molar-refractivity contribution in [3.05, 3.63) is 22.5 Å². The van der Waals surface area contributed by atoms with E-state index in [1.807, 2.05) is 0 Å². The zero-order valence-electron chi connectivity index (χ0n) is 9.29. The van der Waals surface area contributed by atoms with Crippen LogP contribution in [-0.2, 0) is 4.74 Å². The van der Waals surface area contributed by atoms with E-state index in [0.717, 1.165) is 49.9 Å². The zero-order valence-corrected chi connectivity index (χ0v) is 9.29. The first-order chi connectivity index (χ1) is 7.77. The fraction of sp³-hybridized carbons (Fsp3) is 0.500. The number of hydrogen-bond donors (Lipinski definition) is 1. The number of nitrogens with one attached hydrogen (secondary N) is 1. The van der Waals surface area contributed by atoms with Crippen LogP contribution in [-0.4, -0.2) is 30.8 Å². The fourth-order valence-electron chi connectivity index (χ4n) is 2.23. The van der Waals surface area contributed by atoms with Crippen LogP contribution in [0.15, 0.2) is 0 Å². The summed E-state index contributed by atoms with van der Waals surface area (Å²) in [5.41, 5.74) is 2.82. The standard InChI is InChI=1S/C12H15NO3/c1-8-10(6-14)12(13-11(8)7-15)9-2-4-16-5-3-9/h6-7,9,13H,2-5H2,1H3. The average Bonchev–Trinajstić information content (AvgIpc) is 2.66. The van der Waals surface area contributed by atoms with Gasteiger partial charge in [-0.05, 0) is 25.3 Å². The molecule has 0 bridgehead atoms. The molecule has 4 heteroatoms. The molecule has 2 rings (SSSR count). The number of rotatable bonds is 3. The van der Waals surface area contributed by atoms with Gasteiger partial charge in [0, 0.05) is 30.4 Å². The van der Waals surface area contributed by atoms with Crippen LogP contribution in [0.3, 0.4) is 0 Å². The molecule has 2 heterocycles. The smallest absolute Gasteiger partial charge is 0.166 e. The van der Waals surface area contributed by atoms with Crippen LogP contribution in [0.2, 0.25) is 0 Å². The van der Waals surface area contributed by atoms with Gasteiger partial charge in [-0.3, -0.25) is 9.59 Å². The van der Waals surface area contributed by atoms with E-state index in [0.29, 0.717) is 17.2 Å². The van der Waals surface area contributed by atoms with E-state index in [9.17, 15) is 9.59 Å². The van der Waals surface area contributed by atoms with Gasteiger partial charge in [0.15, 0.2) is 12.6 Å². The molecule has 1 aromatic heterocycles. The van der Waals surface area contributed by atoms with Crippen molar-refractivity contribution in [1.29, 1.82) is 0 Å². The number of aldehydes is 2. The second kappa shape index (κ2) is 4.61. The highest BCUT2D eigenvalue weighted by atomic mass is 16.5. The molecule has 1 saturated heterocycles. The minimum absolute atomic E-state index is 0.307. The molecule has 0 radical (unpaired) electrons. The number of aromatic amines is 1. The van der Waals surface area contributed by atoms with E-state index in [-0.39, 0.29) is 0 Å². The van der Waals surface area contributed by atoms with Crippen molar-refractivity contribution in [1.82, 2.24) is 4.98 Å². The number of ether oxygens (including phenoxy) is 1. The summed E-state index contributed by atoms with van der Waals surface area (Å²) in [5, 5.41) is 0. The van der Waals surface area contributed by atoms with Crippen molar-refractivity contribution in [2.45, 2.75) is 25.7 Å². The molecule has 86 valence electrons. The Hall–Kier alpha value is -1.42. The molecule has 1 aromatic rings. The molecule has 0 saturated carbocycles. The van der Waals surface area contributed by atoms with Gasteiger partial charge in [-0.2, -0.15) is 0 Å². The Balaban J connectivity index is 2.38. The quantitative estimate of drug-likeness (QED) is 0.792. The van der Waals surface area contributed by atoms with Crippen LogP contribution in [0.4, 0.5) is 0 Å². The molecule has 4 nitrogen and oxygen atoms in total. The van der Waals surface area contributed by atoms with Crippen LogP contribution in [0.5, 0.6) is 0 Å². The maximum atomic E-state index is 11.1.